The third-order valence-electron chi connectivity index (χ3n) is 3.34. The summed E-state index contributed by atoms with van der Waals surface area (Å²) in [6, 6.07) is -0.0956. The first-order chi connectivity index (χ1) is 9.56. The van der Waals surface area contributed by atoms with Gasteiger partial charge in [0.15, 0.2) is 5.13 Å². The summed E-state index contributed by atoms with van der Waals surface area (Å²) in [4.78, 5) is 30.7. The molecule has 2 N–H and O–H groups in total. The van der Waals surface area contributed by atoms with E-state index < -0.39 is 0 Å². The quantitative estimate of drug-likeness (QED) is 0.795. The molecule has 0 spiro atoms. The first-order valence-electron chi connectivity index (χ1n) is 6.86. The van der Waals surface area contributed by atoms with Crippen molar-refractivity contribution in [1.82, 2.24) is 15.6 Å². The number of hydrogen-bond donors (Lipinski definition) is 2. The van der Waals surface area contributed by atoms with Gasteiger partial charge in [0.1, 0.15) is 12.6 Å². The number of imide groups is 1. The predicted octanol–water partition coefficient (Wildman–Crippen LogP) is 1.05. The molecule has 7 heteroatoms. The fraction of sp³-hybridized carbons (Fsp3) is 0.615. The average molecular weight is 296 g/mol. The van der Waals surface area contributed by atoms with Crippen LogP contribution in [0.4, 0.5) is 5.13 Å². The zero-order chi connectivity index (χ0) is 14.7. The molecule has 0 saturated carbocycles. The Morgan fingerprint density at radius 3 is 2.95 bits per heavy atom. The molecule has 0 aromatic carbocycles. The van der Waals surface area contributed by atoms with E-state index in [1.54, 1.807) is 4.90 Å². The summed E-state index contributed by atoms with van der Waals surface area (Å²) in [6.07, 6.45) is 2.47. The van der Waals surface area contributed by atoms with E-state index in [4.69, 9.17) is 0 Å². The maximum absolute atomic E-state index is 11.9. The highest BCUT2D eigenvalue weighted by Crippen LogP contribution is 2.29. The molecule has 1 saturated heterocycles. The normalized spacial score (nSPS) is 20.9. The second-order valence-corrected chi connectivity index (χ2v) is 5.83. The molecule has 110 valence electrons. The molecule has 0 radical (unpaired) electrons. The molecule has 2 atom stereocenters. The number of piperazine rings is 1. The minimum Gasteiger partial charge on any atom is -0.327 e. The van der Waals surface area contributed by atoms with Gasteiger partial charge in [-0.1, -0.05) is 13.8 Å². The number of thiazole rings is 1. The van der Waals surface area contributed by atoms with Crippen LogP contribution in [0.3, 0.4) is 0 Å². The number of nitrogens with zero attached hydrogens (tertiary/aromatic N) is 2. The van der Waals surface area contributed by atoms with Gasteiger partial charge in [-0.05, 0) is 19.9 Å². The molecule has 0 bridgehead atoms. The summed E-state index contributed by atoms with van der Waals surface area (Å²) in [5.41, 5.74) is 0. The van der Waals surface area contributed by atoms with E-state index in [1.165, 1.54) is 11.3 Å². The average Bonchev–Trinajstić information content (AvgIpc) is 2.87. The van der Waals surface area contributed by atoms with Crippen LogP contribution in [0, 0.1) is 0 Å². The molecule has 2 rings (SSSR count). The van der Waals surface area contributed by atoms with Crippen LogP contribution in [0.25, 0.3) is 0 Å². The maximum Gasteiger partial charge on any atom is 0.249 e. The van der Waals surface area contributed by atoms with Crippen LogP contribution >= 0.6 is 11.3 Å². The summed E-state index contributed by atoms with van der Waals surface area (Å²) < 4.78 is 0. The van der Waals surface area contributed by atoms with E-state index in [0.29, 0.717) is 6.42 Å². The fourth-order valence-electron chi connectivity index (χ4n) is 2.29. The molecule has 1 aliphatic heterocycles. The molecule has 1 fully saturated rings. The van der Waals surface area contributed by atoms with E-state index >= 15 is 0 Å². The number of aromatic nitrogens is 1. The van der Waals surface area contributed by atoms with Gasteiger partial charge < -0.3 is 10.2 Å². The van der Waals surface area contributed by atoms with Gasteiger partial charge in [0, 0.05) is 17.1 Å². The summed E-state index contributed by atoms with van der Waals surface area (Å²) in [7, 11) is 0. The first-order valence-corrected chi connectivity index (χ1v) is 7.67. The largest absolute Gasteiger partial charge is 0.327 e. The van der Waals surface area contributed by atoms with Gasteiger partial charge in [0.05, 0.1) is 0 Å². The summed E-state index contributed by atoms with van der Waals surface area (Å²) >= 11 is 1.53. The number of hydrogen-bond acceptors (Lipinski definition) is 6. The lowest BCUT2D eigenvalue weighted by atomic mass is 10.1. The second kappa shape index (κ2) is 6.32. The van der Waals surface area contributed by atoms with Crippen molar-refractivity contribution in [2.24, 2.45) is 0 Å². The van der Waals surface area contributed by atoms with E-state index in [-0.39, 0.29) is 30.4 Å². The highest BCUT2D eigenvalue weighted by Gasteiger charge is 2.34. The Morgan fingerprint density at radius 2 is 2.30 bits per heavy atom. The molecule has 2 amide bonds. The molecule has 2 unspecified atom stereocenters. The van der Waals surface area contributed by atoms with Crippen molar-refractivity contribution in [1.29, 1.82) is 0 Å². The van der Waals surface area contributed by atoms with Crippen molar-refractivity contribution in [3.8, 4) is 0 Å². The van der Waals surface area contributed by atoms with Crippen molar-refractivity contribution in [2.45, 2.75) is 39.3 Å². The Morgan fingerprint density at radius 1 is 1.55 bits per heavy atom. The molecule has 0 aliphatic carbocycles. The number of carbonyl (C=O) groups is 2. The van der Waals surface area contributed by atoms with Crippen LogP contribution < -0.4 is 15.5 Å². The van der Waals surface area contributed by atoms with Gasteiger partial charge in [0.25, 0.3) is 0 Å². The van der Waals surface area contributed by atoms with Crippen LogP contribution in [0.1, 0.15) is 38.1 Å². The van der Waals surface area contributed by atoms with E-state index in [1.807, 2.05) is 13.1 Å². The van der Waals surface area contributed by atoms with Gasteiger partial charge in [0.2, 0.25) is 11.8 Å². The molecule has 2 heterocycles. The van der Waals surface area contributed by atoms with Crippen LogP contribution in [0.5, 0.6) is 0 Å². The van der Waals surface area contributed by atoms with Crippen LogP contribution in [-0.4, -0.2) is 35.9 Å². The van der Waals surface area contributed by atoms with Crippen molar-refractivity contribution in [3.63, 3.8) is 0 Å². The first kappa shape index (κ1) is 14.9. The van der Waals surface area contributed by atoms with Gasteiger partial charge in [-0.25, -0.2) is 4.98 Å². The molecule has 6 nitrogen and oxygen atoms in total. The zero-order valence-electron chi connectivity index (χ0n) is 12.0. The zero-order valence-corrected chi connectivity index (χ0v) is 12.8. The Kier molecular flexibility index (Phi) is 4.72. The van der Waals surface area contributed by atoms with Crippen LogP contribution in [0.2, 0.25) is 0 Å². The fourth-order valence-corrected chi connectivity index (χ4v) is 3.28. The molecular weight excluding hydrogens is 276 g/mol. The number of nitrogens with one attached hydrogen (secondary N) is 2. The Bertz CT molecular complexity index is 502. The summed E-state index contributed by atoms with van der Waals surface area (Å²) in [5, 5.41) is 6.44. The summed E-state index contributed by atoms with van der Waals surface area (Å²) in [5.74, 6) is -0.503. The molecule has 1 aromatic rings. The van der Waals surface area contributed by atoms with E-state index in [9.17, 15) is 9.59 Å². The summed E-state index contributed by atoms with van der Waals surface area (Å²) in [6.45, 7) is 7.14. The lowest BCUT2D eigenvalue weighted by Gasteiger charge is -2.33. The highest BCUT2D eigenvalue weighted by molar-refractivity contribution is 7.15. The third-order valence-corrected chi connectivity index (χ3v) is 4.55. The number of amides is 2. The van der Waals surface area contributed by atoms with Gasteiger partial charge in [-0.15, -0.1) is 11.3 Å². The Hall–Kier alpha value is -1.47. The molecule has 1 aliphatic rings. The van der Waals surface area contributed by atoms with Gasteiger partial charge >= 0.3 is 0 Å². The van der Waals surface area contributed by atoms with Gasteiger partial charge in [-0.3, -0.25) is 14.9 Å². The minimum absolute atomic E-state index is 0.187. The van der Waals surface area contributed by atoms with Crippen LogP contribution in [-0.2, 0) is 9.59 Å². The second-order valence-electron chi connectivity index (χ2n) is 4.79. The SMILES string of the molecule is CCNC(C)c1cnc(N2CC(=O)NC(=O)C2CC)s1. The predicted molar refractivity (Wildman–Crippen MR) is 78.8 cm³/mol. The van der Waals surface area contributed by atoms with Gasteiger partial charge in [-0.2, -0.15) is 0 Å². The molecule has 20 heavy (non-hydrogen) atoms. The van der Waals surface area contributed by atoms with Crippen LogP contribution in [0.15, 0.2) is 6.20 Å². The van der Waals surface area contributed by atoms with E-state index in [0.717, 1.165) is 16.6 Å². The van der Waals surface area contributed by atoms with Crippen molar-refractivity contribution in [2.75, 3.05) is 18.0 Å². The van der Waals surface area contributed by atoms with Crippen molar-refractivity contribution >= 4 is 28.3 Å². The monoisotopic (exact) mass is 296 g/mol. The third kappa shape index (κ3) is 2.99. The number of rotatable bonds is 5. The lowest BCUT2D eigenvalue weighted by Crippen LogP contribution is -2.58. The maximum atomic E-state index is 11.9. The number of anilines is 1. The highest BCUT2D eigenvalue weighted by atomic mass is 32.1. The number of carbonyl (C=O) groups excluding carboxylic acids is 2. The lowest BCUT2D eigenvalue weighted by molar-refractivity contribution is -0.132. The minimum atomic E-state index is -0.318. The Balaban J connectivity index is 2.20. The van der Waals surface area contributed by atoms with Crippen molar-refractivity contribution in [3.05, 3.63) is 11.1 Å². The molecular formula is C13H20N4O2S. The Labute approximate surface area is 122 Å². The standard InChI is InChI=1S/C13H20N4O2S/c1-4-9-12(19)16-11(18)7-17(9)13-15-6-10(20-13)8(3)14-5-2/h6,8-9,14H,4-5,7H2,1-3H3,(H,16,18,19). The molecule has 1 aromatic heterocycles. The topological polar surface area (TPSA) is 74.3 Å². The van der Waals surface area contributed by atoms with Crippen molar-refractivity contribution < 1.29 is 9.59 Å². The van der Waals surface area contributed by atoms with E-state index in [2.05, 4.69) is 29.5 Å². The smallest absolute Gasteiger partial charge is 0.249 e.